The highest BCUT2D eigenvalue weighted by atomic mass is 35.5. The van der Waals surface area contributed by atoms with Crippen molar-refractivity contribution in [2.45, 2.75) is 25.3 Å². The number of hydrogen-bond donors (Lipinski definition) is 4. The van der Waals surface area contributed by atoms with Crippen LogP contribution in [0, 0.1) is 0 Å². The molecule has 0 heterocycles. The van der Waals surface area contributed by atoms with E-state index in [4.69, 9.17) is 36.0 Å². The number of thiocarbonyl (C=S) groups is 2. The predicted octanol–water partition coefficient (Wildman–Crippen LogP) is 1.89. The van der Waals surface area contributed by atoms with E-state index in [-0.39, 0.29) is 0 Å². The van der Waals surface area contributed by atoms with Gasteiger partial charge in [0.15, 0.2) is 10.2 Å². The van der Waals surface area contributed by atoms with Crippen LogP contribution in [-0.4, -0.2) is 22.8 Å². The van der Waals surface area contributed by atoms with E-state index in [1.807, 2.05) is 24.3 Å². The fourth-order valence-electron chi connectivity index (χ4n) is 1.58. The second-order valence-electron chi connectivity index (χ2n) is 4.63. The van der Waals surface area contributed by atoms with Gasteiger partial charge in [0.2, 0.25) is 0 Å². The Kier molecular flexibility index (Phi) is 5.82. The van der Waals surface area contributed by atoms with Crippen LogP contribution in [0.4, 0.5) is 0 Å². The van der Waals surface area contributed by atoms with Gasteiger partial charge in [-0.3, -0.25) is 10.9 Å². The third-order valence-electron chi connectivity index (χ3n) is 2.81. The molecule has 1 fully saturated rings. The molecule has 4 nitrogen and oxygen atoms in total. The fourth-order valence-corrected chi connectivity index (χ4v) is 2.08. The van der Waals surface area contributed by atoms with Gasteiger partial charge >= 0.3 is 0 Å². The molecule has 0 bridgehead atoms. The Labute approximate surface area is 134 Å². The summed E-state index contributed by atoms with van der Waals surface area (Å²) in [5.74, 6) is 0. The number of halogens is 1. The van der Waals surface area contributed by atoms with Crippen LogP contribution in [0.5, 0.6) is 0 Å². The lowest BCUT2D eigenvalue weighted by Crippen LogP contribution is -2.50. The molecule has 0 unspecified atom stereocenters. The molecular formula is C13H17ClN4S2. The predicted molar refractivity (Wildman–Crippen MR) is 90.8 cm³/mol. The van der Waals surface area contributed by atoms with E-state index in [1.165, 1.54) is 18.4 Å². The number of hydrazine groups is 1. The first-order chi connectivity index (χ1) is 9.63. The van der Waals surface area contributed by atoms with Gasteiger partial charge in [0.1, 0.15) is 0 Å². The maximum absolute atomic E-state index is 5.83. The molecule has 4 N–H and O–H groups in total. The monoisotopic (exact) mass is 328 g/mol. The van der Waals surface area contributed by atoms with Crippen molar-refractivity contribution in [1.82, 2.24) is 21.5 Å². The van der Waals surface area contributed by atoms with E-state index in [0.717, 1.165) is 18.0 Å². The summed E-state index contributed by atoms with van der Waals surface area (Å²) in [7, 11) is 0. The van der Waals surface area contributed by atoms with E-state index in [1.54, 1.807) is 0 Å². The minimum atomic E-state index is 0.527. The summed E-state index contributed by atoms with van der Waals surface area (Å²) in [6, 6.07) is 8.32. The molecule has 0 aromatic heterocycles. The van der Waals surface area contributed by atoms with Crippen LogP contribution in [0.2, 0.25) is 5.02 Å². The van der Waals surface area contributed by atoms with Gasteiger partial charge < -0.3 is 10.6 Å². The van der Waals surface area contributed by atoms with Gasteiger partial charge in [0.25, 0.3) is 0 Å². The average Bonchev–Trinajstić information content (AvgIpc) is 3.23. The third kappa shape index (κ3) is 5.90. The van der Waals surface area contributed by atoms with Crippen molar-refractivity contribution in [3.05, 3.63) is 34.9 Å². The zero-order valence-electron chi connectivity index (χ0n) is 10.9. The summed E-state index contributed by atoms with van der Waals surface area (Å²) in [6.07, 6.45) is 3.25. The Hall–Kier alpha value is -1.11. The SMILES string of the molecule is S=C(NCCc1ccc(Cl)cc1)NNC(=S)NC1CC1. The van der Waals surface area contributed by atoms with Crippen LogP contribution in [0.25, 0.3) is 0 Å². The maximum atomic E-state index is 5.83. The summed E-state index contributed by atoms with van der Waals surface area (Å²) in [5.41, 5.74) is 6.93. The van der Waals surface area contributed by atoms with Gasteiger partial charge in [0, 0.05) is 17.6 Å². The van der Waals surface area contributed by atoms with Crippen LogP contribution in [0.3, 0.4) is 0 Å². The van der Waals surface area contributed by atoms with Crippen molar-refractivity contribution in [2.75, 3.05) is 6.54 Å². The van der Waals surface area contributed by atoms with Crippen LogP contribution in [-0.2, 0) is 6.42 Å². The van der Waals surface area contributed by atoms with Crippen LogP contribution in [0.1, 0.15) is 18.4 Å². The Bertz CT molecular complexity index is 474. The number of benzene rings is 1. The highest BCUT2D eigenvalue weighted by Crippen LogP contribution is 2.18. The second kappa shape index (κ2) is 7.61. The topological polar surface area (TPSA) is 48.1 Å². The molecule has 1 saturated carbocycles. The smallest absolute Gasteiger partial charge is 0.185 e. The maximum Gasteiger partial charge on any atom is 0.185 e. The average molecular weight is 329 g/mol. The molecule has 0 aliphatic heterocycles. The van der Waals surface area contributed by atoms with Crippen molar-refractivity contribution in [2.24, 2.45) is 0 Å². The molecule has 20 heavy (non-hydrogen) atoms. The molecule has 0 atom stereocenters. The van der Waals surface area contributed by atoms with Gasteiger partial charge in [-0.15, -0.1) is 0 Å². The fraction of sp³-hybridized carbons (Fsp3) is 0.385. The molecule has 0 saturated heterocycles. The van der Waals surface area contributed by atoms with E-state index in [2.05, 4.69) is 21.5 Å². The standard InChI is InChI=1S/C13H17ClN4S2/c14-10-3-1-9(2-4-10)7-8-15-12(19)17-18-13(20)16-11-5-6-11/h1-4,11H,5-8H2,(H2,15,17,19)(H2,16,18,20). The lowest BCUT2D eigenvalue weighted by molar-refractivity contribution is 0.766. The number of hydrogen-bond acceptors (Lipinski definition) is 2. The van der Waals surface area contributed by atoms with Crippen LogP contribution >= 0.6 is 36.0 Å². The molecule has 7 heteroatoms. The molecule has 108 valence electrons. The Balaban J connectivity index is 1.57. The van der Waals surface area contributed by atoms with Crippen molar-refractivity contribution in [3.8, 4) is 0 Å². The third-order valence-corrected chi connectivity index (χ3v) is 3.53. The first kappa shape index (κ1) is 15.3. The van der Waals surface area contributed by atoms with E-state index in [9.17, 15) is 0 Å². The first-order valence-corrected chi connectivity index (χ1v) is 7.68. The summed E-state index contributed by atoms with van der Waals surface area (Å²) in [4.78, 5) is 0. The van der Waals surface area contributed by atoms with Gasteiger partial charge in [-0.25, -0.2) is 0 Å². The lowest BCUT2D eigenvalue weighted by atomic mass is 10.1. The van der Waals surface area contributed by atoms with E-state index < -0.39 is 0 Å². The summed E-state index contributed by atoms with van der Waals surface area (Å²) < 4.78 is 0. The van der Waals surface area contributed by atoms with Crippen molar-refractivity contribution < 1.29 is 0 Å². The number of rotatable bonds is 4. The van der Waals surface area contributed by atoms with Crippen LogP contribution < -0.4 is 21.5 Å². The van der Waals surface area contributed by atoms with E-state index in [0.29, 0.717) is 16.3 Å². The minimum absolute atomic E-state index is 0.527. The summed E-state index contributed by atoms with van der Waals surface area (Å²) in [6.45, 7) is 0.748. The molecule has 0 spiro atoms. The largest absolute Gasteiger partial charge is 0.361 e. The highest BCUT2D eigenvalue weighted by molar-refractivity contribution is 7.80. The molecule has 1 aliphatic rings. The summed E-state index contributed by atoms with van der Waals surface area (Å²) in [5, 5.41) is 8.12. The van der Waals surface area contributed by atoms with Crippen molar-refractivity contribution in [1.29, 1.82) is 0 Å². The molecular weight excluding hydrogens is 312 g/mol. The van der Waals surface area contributed by atoms with Gasteiger partial charge in [-0.1, -0.05) is 23.7 Å². The van der Waals surface area contributed by atoms with E-state index >= 15 is 0 Å². The Morgan fingerprint density at radius 2 is 1.75 bits per heavy atom. The Morgan fingerprint density at radius 3 is 2.40 bits per heavy atom. The molecule has 2 rings (SSSR count). The molecule has 0 radical (unpaired) electrons. The Morgan fingerprint density at radius 1 is 1.10 bits per heavy atom. The second-order valence-corrected chi connectivity index (χ2v) is 5.88. The van der Waals surface area contributed by atoms with Crippen molar-refractivity contribution >= 4 is 46.3 Å². The first-order valence-electron chi connectivity index (χ1n) is 6.48. The van der Waals surface area contributed by atoms with Crippen LogP contribution in [0.15, 0.2) is 24.3 Å². The number of nitrogens with one attached hydrogen (secondary N) is 4. The lowest BCUT2D eigenvalue weighted by Gasteiger charge is -2.13. The molecule has 0 amide bonds. The molecule has 1 aromatic rings. The zero-order chi connectivity index (χ0) is 14.4. The van der Waals surface area contributed by atoms with Gasteiger partial charge in [-0.05, 0) is 61.4 Å². The molecule has 1 aromatic carbocycles. The van der Waals surface area contributed by atoms with Crippen molar-refractivity contribution in [3.63, 3.8) is 0 Å². The highest BCUT2D eigenvalue weighted by Gasteiger charge is 2.21. The zero-order valence-corrected chi connectivity index (χ0v) is 13.3. The van der Waals surface area contributed by atoms with Gasteiger partial charge in [0.05, 0.1) is 0 Å². The normalized spacial score (nSPS) is 13.4. The minimum Gasteiger partial charge on any atom is -0.361 e. The molecule has 1 aliphatic carbocycles. The summed E-state index contributed by atoms with van der Waals surface area (Å²) >= 11 is 16.1. The van der Waals surface area contributed by atoms with Gasteiger partial charge in [-0.2, -0.15) is 0 Å². The quantitative estimate of drug-likeness (QED) is 0.500.